The van der Waals surface area contributed by atoms with Crippen LogP contribution in [0.2, 0.25) is 0 Å². The Bertz CT molecular complexity index is 841. The van der Waals surface area contributed by atoms with Crippen LogP contribution in [0.25, 0.3) is 0 Å². The molecule has 0 aliphatic rings. The molecule has 0 bridgehead atoms. The molecule has 0 radical (unpaired) electrons. The van der Waals surface area contributed by atoms with Crippen molar-refractivity contribution in [2.75, 3.05) is 13.2 Å². The average molecular weight is 779 g/mol. The lowest BCUT2D eigenvalue weighted by Crippen LogP contribution is -2.30. The van der Waals surface area contributed by atoms with Gasteiger partial charge in [0.05, 0.1) is 0 Å². The van der Waals surface area contributed by atoms with Crippen molar-refractivity contribution < 1.29 is 28.6 Å². The third-order valence-corrected chi connectivity index (χ3v) is 11.3. The van der Waals surface area contributed by atoms with Gasteiger partial charge >= 0.3 is 17.9 Å². The number of rotatable bonds is 43. The van der Waals surface area contributed by atoms with Crippen molar-refractivity contribution in [2.45, 2.75) is 272 Å². The Hall–Kier alpha value is -1.59. The van der Waals surface area contributed by atoms with E-state index < -0.39 is 6.10 Å². The lowest BCUT2D eigenvalue weighted by Gasteiger charge is -2.18. The van der Waals surface area contributed by atoms with Gasteiger partial charge in [-0.05, 0) is 31.1 Å². The summed E-state index contributed by atoms with van der Waals surface area (Å²) in [5.74, 6) is 0.821. The molecule has 0 aromatic carbocycles. The lowest BCUT2D eigenvalue weighted by atomic mass is 9.99. The van der Waals surface area contributed by atoms with Gasteiger partial charge in [0.1, 0.15) is 13.2 Å². The van der Waals surface area contributed by atoms with Crippen LogP contribution in [0.4, 0.5) is 0 Å². The van der Waals surface area contributed by atoms with Crippen molar-refractivity contribution >= 4 is 17.9 Å². The Labute approximate surface area is 342 Å². The van der Waals surface area contributed by atoms with E-state index in [2.05, 4.69) is 34.6 Å². The maximum Gasteiger partial charge on any atom is 0.306 e. The summed E-state index contributed by atoms with van der Waals surface area (Å²) in [6, 6.07) is 0. The molecule has 0 aromatic heterocycles. The number of hydrogen-bond acceptors (Lipinski definition) is 6. The molecule has 0 amide bonds. The molecule has 6 heteroatoms. The lowest BCUT2D eigenvalue weighted by molar-refractivity contribution is -0.167. The van der Waals surface area contributed by atoms with E-state index >= 15 is 0 Å². The highest BCUT2D eigenvalue weighted by Crippen LogP contribution is 2.17. The molecule has 0 aromatic rings. The largest absolute Gasteiger partial charge is 0.462 e. The fourth-order valence-electron chi connectivity index (χ4n) is 7.25. The molecule has 0 heterocycles. The third kappa shape index (κ3) is 41.9. The molecule has 0 saturated heterocycles. The highest BCUT2D eigenvalue weighted by molar-refractivity contribution is 5.71. The van der Waals surface area contributed by atoms with Crippen LogP contribution in [0.3, 0.4) is 0 Å². The third-order valence-electron chi connectivity index (χ3n) is 11.3. The highest BCUT2D eigenvalue weighted by Gasteiger charge is 2.19. The predicted molar refractivity (Wildman–Crippen MR) is 233 cm³/mol. The number of esters is 3. The minimum atomic E-state index is -0.761. The zero-order valence-electron chi connectivity index (χ0n) is 37.6. The molecule has 0 fully saturated rings. The predicted octanol–water partition coefficient (Wildman–Crippen LogP) is 15.4. The van der Waals surface area contributed by atoms with Crippen LogP contribution in [0.15, 0.2) is 0 Å². The molecule has 0 aliphatic heterocycles. The molecule has 326 valence electrons. The van der Waals surface area contributed by atoms with Gasteiger partial charge < -0.3 is 14.2 Å². The first kappa shape index (κ1) is 53.4. The average Bonchev–Trinajstić information content (AvgIpc) is 3.17. The van der Waals surface area contributed by atoms with E-state index in [-0.39, 0.29) is 31.1 Å². The summed E-state index contributed by atoms with van der Waals surface area (Å²) in [5.41, 5.74) is 0. The van der Waals surface area contributed by atoms with Gasteiger partial charge in [0.15, 0.2) is 6.10 Å². The molecular formula is C49H94O6. The smallest absolute Gasteiger partial charge is 0.306 e. The Kier molecular flexibility index (Phi) is 40.8. The number of carbonyl (C=O) groups excluding carboxylic acids is 3. The molecule has 6 nitrogen and oxygen atoms in total. The van der Waals surface area contributed by atoms with Crippen molar-refractivity contribution in [3.8, 4) is 0 Å². The van der Waals surface area contributed by atoms with E-state index in [0.717, 1.165) is 69.6 Å². The minimum absolute atomic E-state index is 0.0645. The summed E-state index contributed by atoms with van der Waals surface area (Å²) >= 11 is 0. The normalized spacial score (nSPS) is 12.5. The Morgan fingerprint density at radius 2 is 0.691 bits per heavy atom. The van der Waals surface area contributed by atoms with E-state index in [1.807, 2.05) is 0 Å². The molecule has 0 aliphatic carbocycles. The van der Waals surface area contributed by atoms with E-state index in [0.29, 0.717) is 19.3 Å². The molecule has 0 spiro atoms. The Balaban J connectivity index is 4.34. The minimum Gasteiger partial charge on any atom is -0.462 e. The second-order valence-corrected chi connectivity index (χ2v) is 17.5. The van der Waals surface area contributed by atoms with Crippen LogP contribution < -0.4 is 0 Å². The molecule has 2 atom stereocenters. The second kappa shape index (κ2) is 42.0. The van der Waals surface area contributed by atoms with E-state index in [1.165, 1.54) is 154 Å². The first-order valence-corrected chi connectivity index (χ1v) is 24.3. The van der Waals surface area contributed by atoms with Crippen LogP contribution >= 0.6 is 0 Å². The van der Waals surface area contributed by atoms with Crippen LogP contribution in [0, 0.1) is 11.8 Å². The van der Waals surface area contributed by atoms with E-state index in [9.17, 15) is 14.4 Å². The molecule has 0 saturated carbocycles. The summed E-state index contributed by atoms with van der Waals surface area (Å²) in [6.45, 7) is 11.4. The van der Waals surface area contributed by atoms with Crippen molar-refractivity contribution in [3.63, 3.8) is 0 Å². The van der Waals surface area contributed by atoms with Gasteiger partial charge in [-0.25, -0.2) is 0 Å². The second-order valence-electron chi connectivity index (χ2n) is 17.5. The monoisotopic (exact) mass is 779 g/mol. The van der Waals surface area contributed by atoms with Gasteiger partial charge in [-0.2, -0.15) is 0 Å². The molecule has 0 N–H and O–H groups in total. The first-order valence-electron chi connectivity index (χ1n) is 24.3. The Morgan fingerprint density at radius 1 is 0.382 bits per heavy atom. The highest BCUT2D eigenvalue weighted by atomic mass is 16.6. The fourth-order valence-corrected chi connectivity index (χ4v) is 7.25. The van der Waals surface area contributed by atoms with Crippen molar-refractivity contribution in [3.05, 3.63) is 0 Å². The van der Waals surface area contributed by atoms with Crippen molar-refractivity contribution in [1.29, 1.82) is 0 Å². The summed E-state index contributed by atoms with van der Waals surface area (Å²) in [5, 5.41) is 0. The van der Waals surface area contributed by atoms with Gasteiger partial charge in [-0.1, -0.05) is 227 Å². The molecule has 55 heavy (non-hydrogen) atoms. The van der Waals surface area contributed by atoms with Gasteiger partial charge in [0, 0.05) is 19.3 Å². The molecular weight excluding hydrogens is 685 g/mol. The van der Waals surface area contributed by atoms with E-state index in [1.54, 1.807) is 0 Å². The quantitative estimate of drug-likeness (QED) is 0.0348. The van der Waals surface area contributed by atoms with Crippen LogP contribution in [0.1, 0.15) is 266 Å². The van der Waals surface area contributed by atoms with Gasteiger partial charge in [-0.15, -0.1) is 0 Å². The Morgan fingerprint density at radius 3 is 1.04 bits per heavy atom. The first-order chi connectivity index (χ1) is 26.8. The zero-order chi connectivity index (χ0) is 40.5. The summed E-state index contributed by atoms with van der Waals surface area (Å²) in [7, 11) is 0. The van der Waals surface area contributed by atoms with Gasteiger partial charge in [0.2, 0.25) is 0 Å². The standard InChI is InChI=1S/C49H94O6/c1-6-8-9-10-11-12-13-19-24-29-34-39-47(50)53-42-46(43-54-48(51)40-35-30-25-21-16-17-22-27-32-37-44(3)4)55-49(52)41-36-31-26-20-15-14-18-23-28-33-38-45(5)7-2/h44-46H,6-43H2,1-5H3/t45?,46-/m0/s1. The maximum absolute atomic E-state index is 12.7. The van der Waals surface area contributed by atoms with Gasteiger partial charge in [-0.3, -0.25) is 14.4 Å². The fraction of sp³-hybridized carbons (Fsp3) is 0.939. The van der Waals surface area contributed by atoms with Gasteiger partial charge in [0.25, 0.3) is 0 Å². The van der Waals surface area contributed by atoms with Crippen molar-refractivity contribution in [2.24, 2.45) is 11.8 Å². The van der Waals surface area contributed by atoms with E-state index in [4.69, 9.17) is 14.2 Å². The SMILES string of the molecule is CCCCCCCCCCCCCC(=O)OC[C@@H](COC(=O)CCCCCCCCCCCC(C)C)OC(=O)CCCCCCCCCCCCC(C)CC. The number of ether oxygens (including phenoxy) is 3. The molecule has 1 unspecified atom stereocenters. The number of unbranched alkanes of at least 4 members (excludes halogenated alkanes) is 27. The zero-order valence-corrected chi connectivity index (χ0v) is 37.6. The van der Waals surface area contributed by atoms with Crippen LogP contribution in [-0.2, 0) is 28.6 Å². The summed E-state index contributed by atoms with van der Waals surface area (Å²) < 4.78 is 16.8. The summed E-state index contributed by atoms with van der Waals surface area (Å²) in [4.78, 5) is 37.8. The topological polar surface area (TPSA) is 78.9 Å². The van der Waals surface area contributed by atoms with Crippen LogP contribution in [-0.4, -0.2) is 37.2 Å². The summed E-state index contributed by atoms with van der Waals surface area (Å²) in [6.07, 6.45) is 40.8. The maximum atomic E-state index is 12.7. The number of hydrogen-bond donors (Lipinski definition) is 0. The van der Waals surface area contributed by atoms with Crippen LogP contribution in [0.5, 0.6) is 0 Å². The van der Waals surface area contributed by atoms with Crippen molar-refractivity contribution in [1.82, 2.24) is 0 Å². The number of carbonyl (C=O) groups is 3. The molecule has 0 rings (SSSR count).